The van der Waals surface area contributed by atoms with E-state index >= 15 is 0 Å². The molecule has 0 aliphatic carbocycles. The lowest BCUT2D eigenvalue weighted by Crippen LogP contribution is -2.46. The molecular formula is C11H18N4O3. The number of imidazole rings is 1. The summed E-state index contributed by atoms with van der Waals surface area (Å²) in [5.41, 5.74) is 0. The van der Waals surface area contributed by atoms with Crippen LogP contribution in [0, 0.1) is 0 Å². The maximum absolute atomic E-state index is 11.7. The standard InChI is InChI=1S/C11H18N4O3/c1-3-7(9-12-5-6-13-9)14-11(18)15-8(4-2)10(16)17/h5-8H,3-4H2,1-2H3,(H,12,13)(H,16,17)(H2,14,15,18)/t7?,8-/m0/s1. The van der Waals surface area contributed by atoms with Gasteiger partial charge in [-0.2, -0.15) is 0 Å². The Hall–Kier alpha value is -2.05. The third-order valence-corrected chi connectivity index (χ3v) is 2.57. The molecule has 100 valence electrons. The smallest absolute Gasteiger partial charge is 0.326 e. The van der Waals surface area contributed by atoms with Crippen molar-refractivity contribution in [2.75, 3.05) is 0 Å². The molecular weight excluding hydrogens is 236 g/mol. The highest BCUT2D eigenvalue weighted by molar-refractivity contribution is 5.82. The van der Waals surface area contributed by atoms with Gasteiger partial charge in [-0.15, -0.1) is 0 Å². The highest BCUT2D eigenvalue weighted by atomic mass is 16.4. The topological polar surface area (TPSA) is 107 Å². The molecule has 0 aliphatic rings. The first-order valence-electron chi connectivity index (χ1n) is 5.87. The minimum Gasteiger partial charge on any atom is -0.480 e. The van der Waals surface area contributed by atoms with Crippen LogP contribution in [0.1, 0.15) is 38.6 Å². The Labute approximate surface area is 105 Å². The molecule has 0 aromatic carbocycles. The van der Waals surface area contributed by atoms with Crippen LogP contribution in [-0.2, 0) is 4.79 Å². The van der Waals surface area contributed by atoms with Gasteiger partial charge in [-0.3, -0.25) is 0 Å². The van der Waals surface area contributed by atoms with E-state index in [4.69, 9.17) is 5.11 Å². The van der Waals surface area contributed by atoms with Crippen LogP contribution in [0.2, 0.25) is 0 Å². The summed E-state index contributed by atoms with van der Waals surface area (Å²) in [6.45, 7) is 3.60. The van der Waals surface area contributed by atoms with Crippen molar-refractivity contribution in [1.82, 2.24) is 20.6 Å². The molecule has 2 amide bonds. The number of aliphatic carboxylic acids is 1. The molecule has 0 saturated carbocycles. The summed E-state index contributed by atoms with van der Waals surface area (Å²) in [5.74, 6) is -0.394. The number of hydrogen-bond acceptors (Lipinski definition) is 3. The van der Waals surface area contributed by atoms with Crippen molar-refractivity contribution in [2.24, 2.45) is 0 Å². The molecule has 1 aromatic heterocycles. The summed E-state index contributed by atoms with van der Waals surface area (Å²) >= 11 is 0. The zero-order valence-electron chi connectivity index (χ0n) is 10.4. The number of nitrogens with one attached hydrogen (secondary N) is 3. The monoisotopic (exact) mass is 254 g/mol. The van der Waals surface area contributed by atoms with E-state index in [0.29, 0.717) is 18.7 Å². The average molecular weight is 254 g/mol. The number of H-pyrrole nitrogens is 1. The van der Waals surface area contributed by atoms with Crippen molar-refractivity contribution in [2.45, 2.75) is 38.8 Å². The first-order chi connectivity index (χ1) is 8.58. The van der Waals surface area contributed by atoms with Gasteiger partial charge in [0.25, 0.3) is 0 Å². The van der Waals surface area contributed by atoms with E-state index in [1.165, 1.54) is 0 Å². The molecule has 0 bridgehead atoms. The second-order valence-electron chi connectivity index (χ2n) is 3.85. The quantitative estimate of drug-likeness (QED) is 0.608. The van der Waals surface area contributed by atoms with Crippen LogP contribution in [0.3, 0.4) is 0 Å². The second kappa shape index (κ2) is 6.63. The van der Waals surface area contributed by atoms with Gasteiger partial charge in [-0.05, 0) is 12.8 Å². The third-order valence-electron chi connectivity index (χ3n) is 2.57. The highest BCUT2D eigenvalue weighted by Crippen LogP contribution is 2.10. The lowest BCUT2D eigenvalue weighted by Gasteiger charge is -2.18. The summed E-state index contributed by atoms with van der Waals surface area (Å²) in [7, 11) is 0. The van der Waals surface area contributed by atoms with E-state index in [1.54, 1.807) is 19.3 Å². The number of urea groups is 1. The molecule has 4 N–H and O–H groups in total. The fourth-order valence-electron chi connectivity index (χ4n) is 1.53. The third kappa shape index (κ3) is 3.76. The van der Waals surface area contributed by atoms with E-state index < -0.39 is 18.0 Å². The minimum absolute atomic E-state index is 0.258. The molecule has 7 nitrogen and oxygen atoms in total. The number of nitrogens with zero attached hydrogens (tertiary/aromatic N) is 1. The zero-order valence-corrected chi connectivity index (χ0v) is 10.4. The van der Waals surface area contributed by atoms with Gasteiger partial charge in [0.05, 0.1) is 6.04 Å². The van der Waals surface area contributed by atoms with Gasteiger partial charge in [0.1, 0.15) is 11.9 Å². The van der Waals surface area contributed by atoms with Gasteiger partial charge in [0, 0.05) is 12.4 Å². The van der Waals surface area contributed by atoms with E-state index in [1.807, 2.05) is 6.92 Å². The number of aromatic amines is 1. The number of hydrogen-bond donors (Lipinski definition) is 4. The van der Waals surface area contributed by atoms with Crippen LogP contribution in [0.25, 0.3) is 0 Å². The van der Waals surface area contributed by atoms with Gasteiger partial charge < -0.3 is 20.7 Å². The van der Waals surface area contributed by atoms with Crippen molar-refractivity contribution in [3.8, 4) is 0 Å². The summed E-state index contributed by atoms with van der Waals surface area (Å²) in [6, 6.07) is -1.64. The Kier molecular flexibility index (Phi) is 5.16. The molecule has 0 spiro atoms. The Morgan fingerprint density at radius 1 is 1.39 bits per heavy atom. The maximum atomic E-state index is 11.7. The first kappa shape index (κ1) is 14.0. The SMILES string of the molecule is CCC(NC(=O)N[C@@H](CC)C(=O)O)c1ncc[nH]1. The Morgan fingerprint density at radius 2 is 2.11 bits per heavy atom. The van der Waals surface area contributed by atoms with E-state index in [9.17, 15) is 9.59 Å². The Morgan fingerprint density at radius 3 is 2.56 bits per heavy atom. The molecule has 1 unspecified atom stereocenters. The van der Waals surface area contributed by atoms with E-state index in [-0.39, 0.29) is 6.04 Å². The summed E-state index contributed by atoms with van der Waals surface area (Å²) in [4.78, 5) is 29.4. The summed E-state index contributed by atoms with van der Waals surface area (Å²) < 4.78 is 0. The molecule has 7 heteroatoms. The largest absolute Gasteiger partial charge is 0.480 e. The Bertz CT molecular complexity index is 391. The molecule has 1 rings (SSSR count). The number of carbonyl (C=O) groups is 2. The number of amides is 2. The zero-order chi connectivity index (χ0) is 13.5. The van der Waals surface area contributed by atoms with Gasteiger partial charge in [0.15, 0.2) is 0 Å². The molecule has 0 saturated heterocycles. The molecule has 1 aromatic rings. The number of carboxylic acid groups (broad SMARTS) is 1. The molecule has 0 radical (unpaired) electrons. The summed E-state index contributed by atoms with van der Waals surface area (Å²) in [6.07, 6.45) is 4.26. The van der Waals surface area contributed by atoms with Crippen molar-refractivity contribution >= 4 is 12.0 Å². The van der Waals surface area contributed by atoms with Crippen molar-refractivity contribution in [3.05, 3.63) is 18.2 Å². The first-order valence-corrected chi connectivity index (χ1v) is 5.87. The normalized spacial score (nSPS) is 13.7. The Balaban J connectivity index is 2.55. The average Bonchev–Trinajstić information content (AvgIpc) is 2.86. The molecule has 2 atom stereocenters. The lowest BCUT2D eigenvalue weighted by molar-refractivity contribution is -0.139. The van der Waals surface area contributed by atoms with Gasteiger partial charge in [-0.25, -0.2) is 14.6 Å². The van der Waals surface area contributed by atoms with Gasteiger partial charge in [0.2, 0.25) is 0 Å². The van der Waals surface area contributed by atoms with Gasteiger partial charge in [-0.1, -0.05) is 13.8 Å². The van der Waals surface area contributed by atoms with Crippen molar-refractivity contribution < 1.29 is 14.7 Å². The van der Waals surface area contributed by atoms with Crippen LogP contribution in [0.5, 0.6) is 0 Å². The highest BCUT2D eigenvalue weighted by Gasteiger charge is 2.20. The predicted octanol–water partition coefficient (Wildman–Crippen LogP) is 1.02. The molecule has 0 aliphatic heterocycles. The fourth-order valence-corrected chi connectivity index (χ4v) is 1.53. The van der Waals surface area contributed by atoms with Crippen molar-refractivity contribution in [1.29, 1.82) is 0 Å². The van der Waals surface area contributed by atoms with Crippen LogP contribution < -0.4 is 10.6 Å². The summed E-state index contributed by atoms with van der Waals surface area (Å²) in [5, 5.41) is 13.9. The van der Waals surface area contributed by atoms with Gasteiger partial charge >= 0.3 is 12.0 Å². The predicted molar refractivity (Wildman–Crippen MR) is 65.0 cm³/mol. The van der Waals surface area contributed by atoms with Crippen molar-refractivity contribution in [3.63, 3.8) is 0 Å². The van der Waals surface area contributed by atoms with Crippen LogP contribution in [0.4, 0.5) is 4.79 Å². The molecule has 18 heavy (non-hydrogen) atoms. The minimum atomic E-state index is -1.04. The van der Waals surface area contributed by atoms with E-state index in [0.717, 1.165) is 0 Å². The number of aromatic nitrogens is 2. The number of carbonyl (C=O) groups excluding carboxylic acids is 1. The van der Waals surface area contributed by atoms with Crippen LogP contribution >= 0.6 is 0 Å². The van der Waals surface area contributed by atoms with Crippen LogP contribution in [0.15, 0.2) is 12.4 Å². The van der Waals surface area contributed by atoms with E-state index in [2.05, 4.69) is 20.6 Å². The number of rotatable bonds is 6. The fraction of sp³-hybridized carbons (Fsp3) is 0.545. The number of carboxylic acids is 1. The van der Waals surface area contributed by atoms with Crippen LogP contribution in [-0.4, -0.2) is 33.1 Å². The molecule has 1 heterocycles. The molecule has 0 fully saturated rings. The second-order valence-corrected chi connectivity index (χ2v) is 3.85. The maximum Gasteiger partial charge on any atom is 0.326 e. The lowest BCUT2D eigenvalue weighted by atomic mass is 10.2.